The minimum Gasteiger partial charge on any atom is -0.309 e. The standard InChI is InChI=1S/C11H14BrNS2/c1-3-6-14-8-5-13-9(2)11-10(12)4-7-15-11/h1,4,7,9,13H,5-6,8H2,2H3. The molecule has 15 heavy (non-hydrogen) atoms. The quantitative estimate of drug-likeness (QED) is 0.637. The SMILES string of the molecule is C#CCSCCNC(C)c1sccc1Br. The van der Waals surface area contributed by atoms with Crippen LogP contribution in [0.2, 0.25) is 0 Å². The van der Waals surface area contributed by atoms with Crippen molar-refractivity contribution in [2.75, 3.05) is 18.1 Å². The molecule has 1 rings (SSSR count). The van der Waals surface area contributed by atoms with E-state index in [1.54, 1.807) is 23.1 Å². The Bertz CT molecular complexity index is 330. The Hall–Kier alpha value is 0.0500. The molecule has 1 heterocycles. The topological polar surface area (TPSA) is 12.0 Å². The van der Waals surface area contributed by atoms with Gasteiger partial charge < -0.3 is 5.32 Å². The lowest BCUT2D eigenvalue weighted by atomic mass is 10.3. The molecule has 0 bridgehead atoms. The summed E-state index contributed by atoms with van der Waals surface area (Å²) >= 11 is 7.11. The summed E-state index contributed by atoms with van der Waals surface area (Å²) in [6.45, 7) is 3.18. The lowest BCUT2D eigenvalue weighted by Crippen LogP contribution is -2.20. The van der Waals surface area contributed by atoms with E-state index >= 15 is 0 Å². The van der Waals surface area contributed by atoms with Gasteiger partial charge in [-0.15, -0.1) is 29.5 Å². The Morgan fingerprint density at radius 2 is 2.53 bits per heavy atom. The van der Waals surface area contributed by atoms with Gasteiger partial charge in [0.25, 0.3) is 0 Å². The summed E-state index contributed by atoms with van der Waals surface area (Å²) in [5.41, 5.74) is 0. The molecule has 0 aliphatic rings. The van der Waals surface area contributed by atoms with Gasteiger partial charge in [0.05, 0.1) is 5.75 Å². The average Bonchev–Trinajstić information content (AvgIpc) is 2.64. The van der Waals surface area contributed by atoms with Crippen molar-refractivity contribution in [3.63, 3.8) is 0 Å². The third-order valence-electron chi connectivity index (χ3n) is 1.92. The Labute approximate surface area is 108 Å². The molecule has 1 unspecified atom stereocenters. The highest BCUT2D eigenvalue weighted by Crippen LogP contribution is 2.28. The van der Waals surface area contributed by atoms with E-state index in [0.717, 1.165) is 18.1 Å². The number of halogens is 1. The van der Waals surface area contributed by atoms with Crippen molar-refractivity contribution in [3.8, 4) is 12.3 Å². The lowest BCUT2D eigenvalue weighted by molar-refractivity contribution is 0.609. The van der Waals surface area contributed by atoms with Crippen molar-refractivity contribution in [1.82, 2.24) is 5.32 Å². The molecule has 0 saturated carbocycles. The van der Waals surface area contributed by atoms with Gasteiger partial charge in [-0.1, -0.05) is 5.92 Å². The maximum atomic E-state index is 5.17. The van der Waals surface area contributed by atoms with Crippen LogP contribution in [0.4, 0.5) is 0 Å². The van der Waals surface area contributed by atoms with Crippen LogP contribution in [-0.4, -0.2) is 18.1 Å². The Kier molecular flexibility index (Phi) is 6.42. The van der Waals surface area contributed by atoms with E-state index in [9.17, 15) is 0 Å². The Morgan fingerprint density at radius 1 is 1.73 bits per heavy atom. The number of hydrogen-bond donors (Lipinski definition) is 1. The first-order chi connectivity index (χ1) is 7.25. The average molecular weight is 304 g/mol. The Morgan fingerprint density at radius 3 is 3.13 bits per heavy atom. The highest BCUT2D eigenvalue weighted by Gasteiger charge is 2.09. The van der Waals surface area contributed by atoms with Crippen LogP contribution in [0.3, 0.4) is 0 Å². The van der Waals surface area contributed by atoms with Gasteiger partial charge in [0, 0.05) is 27.7 Å². The van der Waals surface area contributed by atoms with Gasteiger partial charge in [0.2, 0.25) is 0 Å². The highest BCUT2D eigenvalue weighted by atomic mass is 79.9. The largest absolute Gasteiger partial charge is 0.309 e. The summed E-state index contributed by atoms with van der Waals surface area (Å²) in [7, 11) is 0. The Balaban J connectivity index is 2.23. The molecule has 4 heteroatoms. The zero-order valence-electron chi connectivity index (χ0n) is 8.63. The van der Waals surface area contributed by atoms with Gasteiger partial charge in [-0.05, 0) is 34.3 Å². The molecule has 1 aromatic rings. The molecule has 1 aromatic heterocycles. The molecule has 0 aromatic carbocycles. The van der Waals surface area contributed by atoms with Crippen molar-refractivity contribution < 1.29 is 0 Å². The number of terminal acetylenes is 1. The van der Waals surface area contributed by atoms with E-state index in [1.807, 2.05) is 0 Å². The minimum absolute atomic E-state index is 0.408. The molecule has 0 spiro atoms. The van der Waals surface area contributed by atoms with E-state index in [1.165, 1.54) is 9.35 Å². The number of hydrogen-bond acceptors (Lipinski definition) is 3. The van der Waals surface area contributed by atoms with Crippen molar-refractivity contribution in [1.29, 1.82) is 0 Å². The monoisotopic (exact) mass is 303 g/mol. The zero-order valence-corrected chi connectivity index (χ0v) is 11.8. The fraction of sp³-hybridized carbons (Fsp3) is 0.455. The summed E-state index contributed by atoms with van der Waals surface area (Å²) in [6.07, 6.45) is 5.17. The van der Waals surface area contributed by atoms with E-state index in [-0.39, 0.29) is 0 Å². The fourth-order valence-electron chi connectivity index (χ4n) is 1.19. The summed E-state index contributed by atoms with van der Waals surface area (Å²) in [5.74, 6) is 4.49. The summed E-state index contributed by atoms with van der Waals surface area (Å²) in [6, 6.07) is 2.50. The van der Waals surface area contributed by atoms with E-state index in [0.29, 0.717) is 6.04 Å². The lowest BCUT2D eigenvalue weighted by Gasteiger charge is -2.12. The zero-order chi connectivity index (χ0) is 11.1. The molecule has 0 aliphatic heterocycles. The summed E-state index contributed by atoms with van der Waals surface area (Å²) in [5, 5.41) is 5.58. The predicted octanol–water partition coefficient (Wildman–Crippen LogP) is 3.53. The minimum atomic E-state index is 0.408. The van der Waals surface area contributed by atoms with Gasteiger partial charge in [0.1, 0.15) is 0 Å². The fourth-order valence-corrected chi connectivity index (χ4v) is 3.46. The molecule has 1 atom stereocenters. The van der Waals surface area contributed by atoms with Crippen LogP contribution in [0.1, 0.15) is 17.8 Å². The molecule has 0 radical (unpaired) electrons. The van der Waals surface area contributed by atoms with Gasteiger partial charge in [-0.25, -0.2) is 0 Å². The predicted molar refractivity (Wildman–Crippen MR) is 74.6 cm³/mol. The highest BCUT2D eigenvalue weighted by molar-refractivity contribution is 9.10. The second-order valence-corrected chi connectivity index (χ2v) is 5.97. The number of rotatable bonds is 6. The van der Waals surface area contributed by atoms with Crippen molar-refractivity contribution >= 4 is 39.0 Å². The molecule has 82 valence electrons. The molecule has 1 N–H and O–H groups in total. The van der Waals surface area contributed by atoms with Gasteiger partial charge in [-0.3, -0.25) is 0 Å². The first-order valence-corrected chi connectivity index (χ1v) is 7.56. The van der Waals surface area contributed by atoms with Crippen molar-refractivity contribution in [2.24, 2.45) is 0 Å². The van der Waals surface area contributed by atoms with Crippen LogP contribution in [0.15, 0.2) is 15.9 Å². The first kappa shape index (κ1) is 13.1. The van der Waals surface area contributed by atoms with E-state index in [4.69, 9.17) is 6.42 Å². The smallest absolute Gasteiger partial charge is 0.0545 e. The van der Waals surface area contributed by atoms with E-state index in [2.05, 4.69) is 45.5 Å². The second-order valence-electron chi connectivity index (χ2n) is 3.07. The normalized spacial score (nSPS) is 12.3. The number of thioether (sulfide) groups is 1. The van der Waals surface area contributed by atoms with Crippen LogP contribution in [0.25, 0.3) is 0 Å². The number of nitrogens with one attached hydrogen (secondary N) is 1. The van der Waals surface area contributed by atoms with Crippen LogP contribution in [-0.2, 0) is 0 Å². The van der Waals surface area contributed by atoms with Crippen LogP contribution >= 0.6 is 39.0 Å². The second kappa shape index (κ2) is 7.34. The third-order valence-corrected chi connectivity index (χ3v) is 4.84. The number of thiophene rings is 1. The van der Waals surface area contributed by atoms with Crippen LogP contribution in [0, 0.1) is 12.3 Å². The van der Waals surface area contributed by atoms with Gasteiger partial charge in [0.15, 0.2) is 0 Å². The molecule has 1 nitrogen and oxygen atoms in total. The van der Waals surface area contributed by atoms with Crippen molar-refractivity contribution in [2.45, 2.75) is 13.0 Å². The summed E-state index contributed by atoms with van der Waals surface area (Å²) < 4.78 is 1.20. The van der Waals surface area contributed by atoms with Crippen LogP contribution < -0.4 is 5.32 Å². The first-order valence-electron chi connectivity index (χ1n) is 4.73. The maximum Gasteiger partial charge on any atom is 0.0545 e. The molecule has 0 saturated heterocycles. The molecule has 0 fully saturated rings. The molecule has 0 amide bonds. The van der Waals surface area contributed by atoms with Gasteiger partial charge >= 0.3 is 0 Å². The van der Waals surface area contributed by atoms with Gasteiger partial charge in [-0.2, -0.15) is 0 Å². The third kappa shape index (κ3) is 4.60. The van der Waals surface area contributed by atoms with E-state index < -0.39 is 0 Å². The molecular weight excluding hydrogens is 290 g/mol. The van der Waals surface area contributed by atoms with Crippen LogP contribution in [0.5, 0.6) is 0 Å². The maximum absolute atomic E-state index is 5.17. The summed E-state index contributed by atoms with van der Waals surface area (Å²) in [4.78, 5) is 1.36. The molecule has 0 aliphatic carbocycles. The molecular formula is C11H14BrNS2. The van der Waals surface area contributed by atoms with Crippen molar-refractivity contribution in [3.05, 3.63) is 20.8 Å².